The van der Waals surface area contributed by atoms with Crippen LogP contribution in [0.4, 0.5) is 13.2 Å². The maximum Gasteiger partial charge on any atom is 0.511 e. The largest absolute Gasteiger partial charge is 0.511 e. The van der Waals surface area contributed by atoms with Crippen molar-refractivity contribution < 1.29 is 30.0 Å². The van der Waals surface area contributed by atoms with Crippen molar-refractivity contribution >= 4 is 49.8 Å². The van der Waals surface area contributed by atoms with Crippen molar-refractivity contribution in [2.45, 2.75) is 24.8 Å². The van der Waals surface area contributed by atoms with E-state index in [9.17, 15) is 30.0 Å². The molecule has 2 N–H and O–H groups in total. The average Bonchev–Trinajstić information content (AvgIpc) is 2.52. The molecule has 0 unspecified atom stereocenters. The molecule has 1 rings (SSSR count). The Morgan fingerprint density at radius 2 is 1.70 bits per heavy atom. The van der Waals surface area contributed by atoms with Gasteiger partial charge in [-0.05, 0) is 25.2 Å². The van der Waals surface area contributed by atoms with E-state index in [-0.39, 0.29) is 48.7 Å². The van der Waals surface area contributed by atoms with Crippen LogP contribution < -0.4 is 10.6 Å². The molecule has 14 heteroatoms. The molecule has 0 amide bonds. The fourth-order valence-electron chi connectivity index (χ4n) is 2.50. The summed E-state index contributed by atoms with van der Waals surface area (Å²) in [6.07, 6.45) is 2.21. The maximum absolute atomic E-state index is 12.5. The lowest BCUT2D eigenvalue weighted by atomic mass is 9.98. The highest BCUT2D eigenvalue weighted by Gasteiger charge is 2.50. The van der Waals surface area contributed by atoms with Crippen LogP contribution in [0.5, 0.6) is 0 Å². The third-order valence-electron chi connectivity index (χ3n) is 3.97. The Hall–Kier alpha value is -0.350. The van der Waals surface area contributed by atoms with Crippen LogP contribution in [-0.2, 0) is 19.9 Å². The van der Waals surface area contributed by atoms with Gasteiger partial charge in [0.1, 0.15) is 9.84 Å². The van der Waals surface area contributed by atoms with Gasteiger partial charge in [-0.2, -0.15) is 17.5 Å². The second kappa shape index (κ2) is 11.0. The Morgan fingerprint density at radius 3 is 2.15 bits per heavy atom. The second-order valence-electron chi connectivity index (χ2n) is 6.16. The highest BCUT2D eigenvalue weighted by Crippen LogP contribution is 2.30. The fraction of sp³-hybridized carbons (Fsp3) is 0.923. The van der Waals surface area contributed by atoms with Crippen molar-refractivity contribution in [3.63, 3.8) is 0 Å². The van der Waals surface area contributed by atoms with Crippen LogP contribution in [0, 0.1) is 5.92 Å². The molecule has 8 nitrogen and oxygen atoms in total. The third kappa shape index (κ3) is 9.13. The molecule has 1 aliphatic rings. The number of nitrogens with zero attached hydrogens (tertiary/aromatic N) is 2. The number of piperidine rings is 1. The summed E-state index contributed by atoms with van der Waals surface area (Å²) >= 11 is 0. The van der Waals surface area contributed by atoms with Crippen molar-refractivity contribution in [3.05, 3.63) is 0 Å². The van der Waals surface area contributed by atoms with Gasteiger partial charge < -0.3 is 10.6 Å². The molecule has 0 spiro atoms. The second-order valence-corrected chi connectivity index (χ2v) is 10.3. The van der Waals surface area contributed by atoms with Gasteiger partial charge >= 0.3 is 15.5 Å². The summed E-state index contributed by atoms with van der Waals surface area (Å²) in [5.74, 6) is 0.538. The van der Waals surface area contributed by atoms with Gasteiger partial charge in [-0.3, -0.25) is 4.99 Å². The molecule has 1 heterocycles. The lowest BCUT2D eigenvalue weighted by molar-refractivity contribution is -0.0496. The molecule has 0 aromatic rings. The van der Waals surface area contributed by atoms with E-state index < -0.39 is 25.4 Å². The molecule has 27 heavy (non-hydrogen) atoms. The number of nitrogens with one attached hydrogen (secondary N) is 2. The van der Waals surface area contributed by atoms with E-state index in [0.717, 1.165) is 6.26 Å². The zero-order chi connectivity index (χ0) is 20.0. The molecule has 1 saturated heterocycles. The van der Waals surface area contributed by atoms with Gasteiger partial charge in [0.05, 0.1) is 5.75 Å². The molecular weight excluding hydrogens is 524 g/mol. The minimum atomic E-state index is -5.27. The van der Waals surface area contributed by atoms with E-state index in [1.807, 2.05) is 0 Å². The standard InChI is InChI=1S/C13H25F3N4O4S2.HI/c1-17-12(18-6-3-9-25(2,21)22)19-10-11-4-7-20(8-5-11)26(23,24)13(14,15)16;/h11H,3-10H2,1-2H3,(H2,17,18,19);1H. The first-order chi connectivity index (χ1) is 11.9. The van der Waals surface area contributed by atoms with Gasteiger partial charge in [-0.25, -0.2) is 16.8 Å². The normalized spacial score (nSPS) is 18.0. The molecule has 0 aromatic heterocycles. The van der Waals surface area contributed by atoms with Gasteiger partial charge in [0.15, 0.2) is 5.96 Å². The number of halogens is 4. The first kappa shape index (κ1) is 26.6. The molecule has 1 aliphatic heterocycles. The smallest absolute Gasteiger partial charge is 0.356 e. The first-order valence-electron chi connectivity index (χ1n) is 8.05. The summed E-state index contributed by atoms with van der Waals surface area (Å²) in [5.41, 5.74) is -5.27. The molecule has 0 radical (unpaired) electrons. The van der Waals surface area contributed by atoms with Crippen molar-refractivity contribution in [2.75, 3.05) is 45.2 Å². The van der Waals surface area contributed by atoms with Crippen LogP contribution >= 0.6 is 24.0 Å². The van der Waals surface area contributed by atoms with Crippen LogP contribution in [0.25, 0.3) is 0 Å². The quantitative estimate of drug-likeness (QED) is 0.210. The van der Waals surface area contributed by atoms with Gasteiger partial charge in [-0.1, -0.05) is 0 Å². The monoisotopic (exact) mass is 550 g/mol. The fourth-order valence-corrected chi connectivity index (χ4v) is 4.16. The third-order valence-corrected chi connectivity index (χ3v) is 6.63. The van der Waals surface area contributed by atoms with E-state index in [0.29, 0.717) is 42.6 Å². The molecule has 0 aliphatic carbocycles. The number of sulfone groups is 1. The Balaban J connectivity index is 0.00000676. The van der Waals surface area contributed by atoms with E-state index in [1.165, 1.54) is 0 Å². The maximum atomic E-state index is 12.5. The molecule has 0 bridgehead atoms. The molecule has 0 aromatic carbocycles. The van der Waals surface area contributed by atoms with E-state index in [4.69, 9.17) is 0 Å². The van der Waals surface area contributed by atoms with Gasteiger partial charge in [0, 0.05) is 39.5 Å². The van der Waals surface area contributed by atoms with Gasteiger partial charge in [-0.15, -0.1) is 24.0 Å². The summed E-state index contributed by atoms with van der Waals surface area (Å²) in [6.45, 7) is 0.504. The van der Waals surface area contributed by atoms with E-state index in [2.05, 4.69) is 15.6 Å². The lowest BCUT2D eigenvalue weighted by Gasteiger charge is -2.31. The minimum absolute atomic E-state index is 0. The highest BCUT2D eigenvalue weighted by atomic mass is 127. The average molecular weight is 550 g/mol. The highest BCUT2D eigenvalue weighted by molar-refractivity contribution is 14.0. The topological polar surface area (TPSA) is 108 Å². The predicted molar refractivity (Wildman–Crippen MR) is 108 cm³/mol. The number of sulfonamides is 1. The summed E-state index contributed by atoms with van der Waals surface area (Å²) in [6, 6.07) is 0. The van der Waals surface area contributed by atoms with Gasteiger partial charge in [0.2, 0.25) is 0 Å². The summed E-state index contributed by atoms with van der Waals surface area (Å²) in [4.78, 5) is 3.98. The van der Waals surface area contributed by atoms with Crippen molar-refractivity contribution in [1.82, 2.24) is 14.9 Å². The van der Waals surface area contributed by atoms with Crippen LogP contribution in [0.3, 0.4) is 0 Å². The zero-order valence-electron chi connectivity index (χ0n) is 15.1. The minimum Gasteiger partial charge on any atom is -0.356 e. The number of hydrogen-bond donors (Lipinski definition) is 2. The molecule has 0 atom stereocenters. The van der Waals surface area contributed by atoms with E-state index >= 15 is 0 Å². The van der Waals surface area contributed by atoms with Crippen LogP contribution in [0.15, 0.2) is 4.99 Å². The van der Waals surface area contributed by atoms with Crippen LogP contribution in [0.2, 0.25) is 0 Å². The van der Waals surface area contributed by atoms with Crippen molar-refractivity contribution in [2.24, 2.45) is 10.9 Å². The number of hydrogen-bond acceptors (Lipinski definition) is 5. The zero-order valence-corrected chi connectivity index (χ0v) is 19.1. The SMILES string of the molecule is CN=C(NCCCS(C)(=O)=O)NCC1CCN(S(=O)(=O)C(F)(F)F)CC1.I. The molecule has 1 fully saturated rings. The molecular formula is C13H26F3IN4O4S2. The van der Waals surface area contributed by atoms with Crippen molar-refractivity contribution in [1.29, 1.82) is 0 Å². The summed E-state index contributed by atoms with van der Waals surface area (Å²) in [7, 11) is -6.73. The Labute approximate surface area is 175 Å². The number of rotatable bonds is 7. The predicted octanol–water partition coefficient (Wildman–Crippen LogP) is 0.766. The summed E-state index contributed by atoms with van der Waals surface area (Å²) < 4.78 is 82.9. The van der Waals surface area contributed by atoms with Gasteiger partial charge in [0.25, 0.3) is 0 Å². The lowest BCUT2D eigenvalue weighted by Crippen LogP contribution is -2.47. The Morgan fingerprint density at radius 1 is 1.15 bits per heavy atom. The Kier molecular flexibility index (Phi) is 10.9. The molecule has 0 saturated carbocycles. The van der Waals surface area contributed by atoms with Crippen LogP contribution in [0.1, 0.15) is 19.3 Å². The van der Waals surface area contributed by atoms with Crippen molar-refractivity contribution in [3.8, 4) is 0 Å². The van der Waals surface area contributed by atoms with E-state index in [1.54, 1.807) is 7.05 Å². The van der Waals surface area contributed by atoms with Crippen LogP contribution in [-0.4, -0.2) is 77.8 Å². The number of guanidine groups is 1. The number of aliphatic imine (C=N–C) groups is 1. The Bertz CT molecular complexity index is 691. The number of alkyl halides is 3. The first-order valence-corrected chi connectivity index (χ1v) is 11.6. The molecule has 162 valence electrons. The summed E-state index contributed by atoms with van der Waals surface area (Å²) in [5, 5.41) is 5.97.